The summed E-state index contributed by atoms with van der Waals surface area (Å²) in [7, 11) is 0. The molecule has 1 heterocycles. The summed E-state index contributed by atoms with van der Waals surface area (Å²) in [6.45, 7) is 6.93. The van der Waals surface area contributed by atoms with Gasteiger partial charge < -0.3 is 4.90 Å². The second-order valence-corrected chi connectivity index (χ2v) is 4.72. The van der Waals surface area contributed by atoms with Crippen LogP contribution in [0.4, 0.5) is 0 Å². The van der Waals surface area contributed by atoms with E-state index in [4.69, 9.17) is 0 Å². The number of benzene rings is 1. The van der Waals surface area contributed by atoms with Gasteiger partial charge in [-0.3, -0.25) is 4.79 Å². The highest BCUT2D eigenvalue weighted by atomic mass is 16.2. The summed E-state index contributed by atoms with van der Waals surface area (Å²) in [6.07, 6.45) is 1.49. The summed E-state index contributed by atoms with van der Waals surface area (Å²) in [6, 6.07) is 9.99. The lowest BCUT2D eigenvalue weighted by Crippen LogP contribution is -2.31. The van der Waals surface area contributed by atoms with Crippen molar-refractivity contribution in [2.45, 2.75) is 27.3 Å². The number of hydrogen-bond acceptors (Lipinski definition) is 3. The van der Waals surface area contributed by atoms with E-state index < -0.39 is 0 Å². The van der Waals surface area contributed by atoms with E-state index in [1.54, 1.807) is 0 Å². The molecular weight excluding hydrogens is 250 g/mol. The molecule has 0 bridgehead atoms. The molecule has 0 saturated heterocycles. The van der Waals surface area contributed by atoms with Gasteiger partial charge in [-0.2, -0.15) is 0 Å². The Balaban J connectivity index is 2.26. The molecule has 0 aliphatic heterocycles. The van der Waals surface area contributed by atoms with Crippen LogP contribution in [0, 0.1) is 13.8 Å². The van der Waals surface area contributed by atoms with Gasteiger partial charge in [0.05, 0.1) is 17.0 Å². The minimum Gasteiger partial charge on any atom is -0.334 e. The normalized spacial score (nSPS) is 10.3. The Morgan fingerprint density at radius 3 is 2.25 bits per heavy atom. The molecule has 2 rings (SSSR count). The molecule has 1 aromatic carbocycles. The van der Waals surface area contributed by atoms with Gasteiger partial charge in [0.25, 0.3) is 5.91 Å². The van der Waals surface area contributed by atoms with Gasteiger partial charge in [0, 0.05) is 13.1 Å². The maximum atomic E-state index is 12.7. The Labute approximate surface area is 119 Å². The summed E-state index contributed by atoms with van der Waals surface area (Å²) in [5.41, 5.74) is 3.20. The monoisotopic (exact) mass is 269 g/mol. The molecule has 0 spiro atoms. The second-order valence-electron chi connectivity index (χ2n) is 4.72. The first-order valence-electron chi connectivity index (χ1n) is 6.75. The van der Waals surface area contributed by atoms with Crippen molar-refractivity contribution in [1.82, 2.24) is 14.9 Å². The molecule has 0 unspecified atom stereocenters. The molecule has 20 heavy (non-hydrogen) atoms. The average molecular weight is 269 g/mol. The zero-order valence-corrected chi connectivity index (χ0v) is 12.1. The van der Waals surface area contributed by atoms with Crippen LogP contribution < -0.4 is 0 Å². The van der Waals surface area contributed by atoms with Crippen molar-refractivity contribution in [3.8, 4) is 0 Å². The first kappa shape index (κ1) is 14.2. The van der Waals surface area contributed by atoms with Crippen LogP contribution in [-0.4, -0.2) is 27.3 Å². The largest absolute Gasteiger partial charge is 0.334 e. The first-order valence-corrected chi connectivity index (χ1v) is 6.75. The Kier molecular flexibility index (Phi) is 4.45. The molecule has 104 valence electrons. The molecule has 0 fully saturated rings. The van der Waals surface area contributed by atoms with Gasteiger partial charge in [-0.1, -0.05) is 30.3 Å². The number of rotatable bonds is 4. The van der Waals surface area contributed by atoms with Crippen LogP contribution in [0.15, 0.2) is 36.7 Å². The summed E-state index contributed by atoms with van der Waals surface area (Å²) in [4.78, 5) is 22.7. The van der Waals surface area contributed by atoms with Crippen molar-refractivity contribution < 1.29 is 4.79 Å². The molecule has 0 atom stereocenters. The topological polar surface area (TPSA) is 46.1 Å². The molecule has 2 aromatic rings. The van der Waals surface area contributed by atoms with Crippen LogP contribution in [0.25, 0.3) is 0 Å². The van der Waals surface area contributed by atoms with E-state index >= 15 is 0 Å². The van der Waals surface area contributed by atoms with E-state index in [0.717, 1.165) is 17.0 Å². The molecular formula is C16H19N3O. The Hall–Kier alpha value is -2.23. The lowest BCUT2D eigenvalue weighted by molar-refractivity contribution is 0.0750. The quantitative estimate of drug-likeness (QED) is 0.857. The van der Waals surface area contributed by atoms with E-state index in [0.29, 0.717) is 18.7 Å². The molecule has 4 heteroatoms. The molecule has 0 saturated carbocycles. The smallest absolute Gasteiger partial charge is 0.257 e. The van der Waals surface area contributed by atoms with Crippen molar-refractivity contribution in [1.29, 1.82) is 0 Å². The van der Waals surface area contributed by atoms with Crippen LogP contribution in [0.3, 0.4) is 0 Å². The SMILES string of the molecule is CCN(Cc1ccccc1)C(=O)c1c(C)ncnc1C. The second kappa shape index (κ2) is 6.28. The highest BCUT2D eigenvalue weighted by molar-refractivity contribution is 5.96. The van der Waals surface area contributed by atoms with E-state index in [1.807, 2.05) is 56.0 Å². The Morgan fingerprint density at radius 2 is 1.70 bits per heavy atom. The van der Waals surface area contributed by atoms with Gasteiger partial charge in [-0.05, 0) is 26.3 Å². The highest BCUT2D eigenvalue weighted by Crippen LogP contribution is 2.14. The van der Waals surface area contributed by atoms with Gasteiger partial charge in [-0.15, -0.1) is 0 Å². The third-order valence-corrected chi connectivity index (χ3v) is 3.33. The number of aromatic nitrogens is 2. The summed E-state index contributed by atoms with van der Waals surface area (Å²) in [5.74, 6) is -0.00745. The molecule has 0 N–H and O–H groups in total. The zero-order valence-electron chi connectivity index (χ0n) is 12.1. The van der Waals surface area contributed by atoms with Crippen LogP contribution in [0.2, 0.25) is 0 Å². The lowest BCUT2D eigenvalue weighted by Gasteiger charge is -2.22. The van der Waals surface area contributed by atoms with E-state index in [-0.39, 0.29) is 5.91 Å². The summed E-state index contributed by atoms with van der Waals surface area (Å²) in [5, 5.41) is 0. The molecule has 0 aliphatic rings. The lowest BCUT2D eigenvalue weighted by atomic mass is 10.1. The predicted octanol–water partition coefficient (Wildman–Crippen LogP) is 2.76. The first-order chi connectivity index (χ1) is 9.63. The highest BCUT2D eigenvalue weighted by Gasteiger charge is 2.19. The van der Waals surface area contributed by atoms with Gasteiger partial charge >= 0.3 is 0 Å². The Bertz CT molecular complexity index is 576. The number of hydrogen-bond donors (Lipinski definition) is 0. The van der Waals surface area contributed by atoms with Gasteiger partial charge in [0.15, 0.2) is 0 Å². The van der Waals surface area contributed by atoms with Gasteiger partial charge in [0.2, 0.25) is 0 Å². The number of amides is 1. The molecule has 1 aromatic heterocycles. The maximum absolute atomic E-state index is 12.7. The average Bonchev–Trinajstić information content (AvgIpc) is 2.45. The van der Waals surface area contributed by atoms with Crippen molar-refractivity contribution in [3.63, 3.8) is 0 Å². The van der Waals surface area contributed by atoms with E-state index in [9.17, 15) is 4.79 Å². The van der Waals surface area contributed by atoms with Gasteiger partial charge in [-0.25, -0.2) is 9.97 Å². The fourth-order valence-electron chi connectivity index (χ4n) is 2.19. The summed E-state index contributed by atoms with van der Waals surface area (Å²) < 4.78 is 0. The number of carbonyl (C=O) groups excluding carboxylic acids is 1. The van der Waals surface area contributed by atoms with Crippen LogP contribution >= 0.6 is 0 Å². The van der Waals surface area contributed by atoms with Crippen LogP contribution in [0.5, 0.6) is 0 Å². The maximum Gasteiger partial charge on any atom is 0.257 e. The van der Waals surface area contributed by atoms with Crippen molar-refractivity contribution >= 4 is 5.91 Å². The Morgan fingerprint density at radius 1 is 1.10 bits per heavy atom. The molecule has 4 nitrogen and oxygen atoms in total. The zero-order chi connectivity index (χ0) is 14.5. The van der Waals surface area contributed by atoms with Crippen LogP contribution in [0.1, 0.15) is 34.2 Å². The van der Waals surface area contributed by atoms with Crippen molar-refractivity contribution in [2.75, 3.05) is 6.54 Å². The van der Waals surface area contributed by atoms with Gasteiger partial charge in [0.1, 0.15) is 6.33 Å². The third-order valence-electron chi connectivity index (χ3n) is 3.33. The number of nitrogens with zero attached hydrogens (tertiary/aromatic N) is 3. The minimum atomic E-state index is -0.00745. The number of carbonyl (C=O) groups is 1. The van der Waals surface area contributed by atoms with E-state index in [2.05, 4.69) is 9.97 Å². The van der Waals surface area contributed by atoms with E-state index in [1.165, 1.54) is 6.33 Å². The molecule has 0 aliphatic carbocycles. The summed E-state index contributed by atoms with van der Waals surface area (Å²) >= 11 is 0. The predicted molar refractivity (Wildman–Crippen MR) is 78.4 cm³/mol. The third kappa shape index (κ3) is 3.02. The minimum absolute atomic E-state index is 0.00745. The number of aryl methyl sites for hydroxylation is 2. The van der Waals surface area contributed by atoms with Crippen LogP contribution in [-0.2, 0) is 6.54 Å². The molecule has 1 amide bonds. The van der Waals surface area contributed by atoms with Crippen molar-refractivity contribution in [2.24, 2.45) is 0 Å². The molecule has 0 radical (unpaired) electrons. The fourth-order valence-corrected chi connectivity index (χ4v) is 2.19. The fraction of sp³-hybridized carbons (Fsp3) is 0.312. The standard InChI is InChI=1S/C16H19N3O/c1-4-19(10-14-8-6-5-7-9-14)16(20)15-12(2)17-11-18-13(15)3/h5-9,11H,4,10H2,1-3H3. The van der Waals surface area contributed by atoms with Crippen molar-refractivity contribution in [3.05, 3.63) is 59.2 Å².